The third-order valence-corrected chi connectivity index (χ3v) is 7.28. The van der Waals surface area contributed by atoms with E-state index < -0.39 is 23.5 Å². The highest BCUT2D eigenvalue weighted by Crippen LogP contribution is 2.40. The zero-order valence-corrected chi connectivity index (χ0v) is 20.2. The van der Waals surface area contributed by atoms with E-state index in [4.69, 9.17) is 0 Å². The standard InChI is InChI=1S/C24H32F3N3O2S/c1-23(2)17-28-15-20(21(23)16-32-22(31)24(25,26)27)18-5-7-19(8-6-18)33-14-4-9-30-12-10-29(3)11-13-30/h5-8,15,17,21H,4,9-14,16H2,1-3H3. The highest BCUT2D eigenvalue weighted by molar-refractivity contribution is 7.99. The van der Waals surface area contributed by atoms with Gasteiger partial charge in [0.15, 0.2) is 0 Å². The summed E-state index contributed by atoms with van der Waals surface area (Å²) in [5, 5.41) is 0. The van der Waals surface area contributed by atoms with E-state index >= 15 is 0 Å². The summed E-state index contributed by atoms with van der Waals surface area (Å²) in [5.74, 6) is -1.56. The molecule has 0 amide bonds. The molecule has 9 heteroatoms. The van der Waals surface area contributed by atoms with Crippen molar-refractivity contribution in [2.45, 2.75) is 31.3 Å². The van der Waals surface area contributed by atoms with Gasteiger partial charge in [-0.3, -0.25) is 4.99 Å². The number of nitrogens with zero attached hydrogens (tertiary/aromatic N) is 3. The number of aliphatic imine (C=N–C) groups is 1. The SMILES string of the molecule is CN1CCN(CCCSc2ccc(C3=CN=CC(C)(C)C3COC(=O)C(F)(F)F)cc2)CC1. The van der Waals surface area contributed by atoms with Crippen molar-refractivity contribution in [3.63, 3.8) is 0 Å². The van der Waals surface area contributed by atoms with Gasteiger partial charge in [0.1, 0.15) is 0 Å². The van der Waals surface area contributed by atoms with Crippen LogP contribution in [0.2, 0.25) is 0 Å². The molecule has 33 heavy (non-hydrogen) atoms. The third kappa shape index (κ3) is 7.32. The smallest absolute Gasteiger partial charge is 0.458 e. The fourth-order valence-electron chi connectivity index (χ4n) is 4.00. The number of hydrogen-bond acceptors (Lipinski definition) is 6. The fraction of sp³-hybridized carbons (Fsp3) is 0.583. The molecule has 2 heterocycles. The van der Waals surface area contributed by atoms with Crippen molar-refractivity contribution < 1.29 is 22.7 Å². The molecule has 0 N–H and O–H groups in total. The molecular formula is C24H32F3N3O2S. The molecular weight excluding hydrogens is 451 g/mol. The van der Waals surface area contributed by atoms with Crippen molar-refractivity contribution in [1.29, 1.82) is 0 Å². The minimum atomic E-state index is -5.00. The monoisotopic (exact) mass is 483 g/mol. The minimum absolute atomic E-state index is 0.355. The molecule has 2 aliphatic rings. The number of carbonyl (C=O) groups excluding carboxylic acids is 1. The van der Waals surface area contributed by atoms with Gasteiger partial charge in [0.25, 0.3) is 0 Å². The number of halogens is 3. The van der Waals surface area contributed by atoms with Gasteiger partial charge >= 0.3 is 12.1 Å². The molecule has 5 nitrogen and oxygen atoms in total. The molecule has 1 aromatic carbocycles. The highest BCUT2D eigenvalue weighted by atomic mass is 32.2. The van der Waals surface area contributed by atoms with Crippen LogP contribution in [0.3, 0.4) is 0 Å². The topological polar surface area (TPSA) is 45.1 Å². The Morgan fingerprint density at radius 3 is 2.48 bits per heavy atom. The van der Waals surface area contributed by atoms with Crippen molar-refractivity contribution in [3.05, 3.63) is 36.0 Å². The van der Waals surface area contributed by atoms with Crippen LogP contribution in [0, 0.1) is 11.3 Å². The number of benzene rings is 1. The molecule has 2 aliphatic heterocycles. The predicted molar refractivity (Wildman–Crippen MR) is 126 cm³/mol. The number of esters is 1. The number of rotatable bonds is 8. The summed E-state index contributed by atoms with van der Waals surface area (Å²) in [7, 11) is 2.16. The second kappa shape index (κ2) is 11.1. The Morgan fingerprint density at radius 2 is 1.85 bits per heavy atom. The van der Waals surface area contributed by atoms with Crippen molar-refractivity contribution in [2.24, 2.45) is 16.3 Å². The predicted octanol–water partition coefficient (Wildman–Crippen LogP) is 4.59. The molecule has 0 bridgehead atoms. The number of thioether (sulfide) groups is 1. The van der Waals surface area contributed by atoms with E-state index in [1.54, 1.807) is 24.2 Å². The first-order valence-electron chi connectivity index (χ1n) is 11.2. The second-order valence-electron chi connectivity index (χ2n) is 9.20. The van der Waals surface area contributed by atoms with Gasteiger partial charge in [-0.05, 0) is 49.0 Å². The van der Waals surface area contributed by atoms with E-state index in [-0.39, 0.29) is 6.61 Å². The van der Waals surface area contributed by atoms with Gasteiger partial charge in [-0.2, -0.15) is 13.2 Å². The summed E-state index contributed by atoms with van der Waals surface area (Å²) in [4.78, 5) is 21.5. The lowest BCUT2D eigenvalue weighted by Crippen LogP contribution is -2.44. The van der Waals surface area contributed by atoms with E-state index in [1.807, 2.05) is 38.1 Å². The Hall–Kier alpha value is -1.84. The first kappa shape index (κ1) is 25.8. The summed E-state index contributed by atoms with van der Waals surface area (Å²) in [6, 6.07) is 7.98. The molecule has 1 unspecified atom stereocenters. The zero-order chi connectivity index (χ0) is 24.1. The van der Waals surface area contributed by atoms with Crippen LogP contribution in [0.25, 0.3) is 5.57 Å². The maximum atomic E-state index is 12.6. The van der Waals surface area contributed by atoms with Crippen LogP contribution >= 0.6 is 11.8 Å². The molecule has 0 saturated carbocycles. The molecule has 0 aromatic heterocycles. The maximum absolute atomic E-state index is 12.6. The zero-order valence-electron chi connectivity index (χ0n) is 19.4. The van der Waals surface area contributed by atoms with Gasteiger partial charge in [-0.15, -0.1) is 11.8 Å². The lowest BCUT2D eigenvalue weighted by Gasteiger charge is -2.34. The summed E-state index contributed by atoms with van der Waals surface area (Å²) in [6.07, 6.45) is -0.542. The minimum Gasteiger partial charge on any atom is -0.458 e. The first-order valence-corrected chi connectivity index (χ1v) is 12.2. The molecule has 0 radical (unpaired) electrons. The van der Waals surface area contributed by atoms with Crippen molar-refractivity contribution in [2.75, 3.05) is 52.1 Å². The number of hydrogen-bond donors (Lipinski definition) is 0. The molecule has 1 saturated heterocycles. The molecule has 0 spiro atoms. The van der Waals surface area contributed by atoms with Gasteiger partial charge in [0.05, 0.1) is 6.61 Å². The summed E-state index contributed by atoms with van der Waals surface area (Å²) >= 11 is 1.80. The van der Waals surface area contributed by atoms with Crippen molar-refractivity contribution >= 4 is 29.5 Å². The second-order valence-corrected chi connectivity index (χ2v) is 10.4. The van der Waals surface area contributed by atoms with Crippen LogP contribution in [-0.2, 0) is 9.53 Å². The summed E-state index contributed by atoms with van der Waals surface area (Å²) < 4.78 is 42.4. The number of likely N-dealkylation sites (N-methyl/N-ethyl adjacent to an activating group) is 1. The molecule has 1 fully saturated rings. The van der Waals surface area contributed by atoms with Gasteiger partial charge in [-0.25, -0.2) is 4.79 Å². The Bertz CT molecular complexity index is 861. The van der Waals surface area contributed by atoms with E-state index in [9.17, 15) is 18.0 Å². The average molecular weight is 484 g/mol. The van der Waals surface area contributed by atoms with Crippen LogP contribution in [0.1, 0.15) is 25.8 Å². The van der Waals surface area contributed by atoms with Gasteiger partial charge < -0.3 is 14.5 Å². The number of carbonyl (C=O) groups is 1. The lowest BCUT2D eigenvalue weighted by atomic mass is 9.73. The lowest BCUT2D eigenvalue weighted by molar-refractivity contribution is -0.200. The van der Waals surface area contributed by atoms with Crippen LogP contribution in [0.5, 0.6) is 0 Å². The fourth-order valence-corrected chi connectivity index (χ4v) is 4.84. The summed E-state index contributed by atoms with van der Waals surface area (Å²) in [6.45, 7) is 9.01. The Labute approximate surface area is 198 Å². The van der Waals surface area contributed by atoms with E-state index in [2.05, 4.69) is 26.6 Å². The van der Waals surface area contributed by atoms with Crippen molar-refractivity contribution in [1.82, 2.24) is 9.80 Å². The average Bonchev–Trinajstić information content (AvgIpc) is 2.76. The molecule has 3 rings (SSSR count). The number of piperazine rings is 1. The van der Waals surface area contributed by atoms with Gasteiger partial charge in [0.2, 0.25) is 0 Å². The Kier molecular flexibility index (Phi) is 8.64. The van der Waals surface area contributed by atoms with Gasteiger partial charge in [-0.1, -0.05) is 26.0 Å². The van der Waals surface area contributed by atoms with Crippen LogP contribution in [-0.4, -0.2) is 80.3 Å². The number of ether oxygens (including phenoxy) is 1. The largest absolute Gasteiger partial charge is 0.490 e. The normalized spacial score (nSPS) is 21.6. The van der Waals surface area contributed by atoms with Crippen LogP contribution in [0.15, 0.2) is 40.4 Å². The first-order chi connectivity index (χ1) is 15.6. The Balaban J connectivity index is 1.55. The highest BCUT2D eigenvalue weighted by Gasteiger charge is 2.43. The maximum Gasteiger partial charge on any atom is 0.490 e. The third-order valence-electron chi connectivity index (χ3n) is 6.18. The quantitative estimate of drug-likeness (QED) is 0.308. The molecule has 1 atom stereocenters. The number of alkyl halides is 3. The van der Waals surface area contributed by atoms with Crippen LogP contribution in [0.4, 0.5) is 13.2 Å². The van der Waals surface area contributed by atoms with Crippen LogP contribution < -0.4 is 0 Å². The molecule has 182 valence electrons. The molecule has 1 aromatic rings. The molecule has 0 aliphatic carbocycles. The van der Waals surface area contributed by atoms with Crippen molar-refractivity contribution in [3.8, 4) is 0 Å². The van der Waals surface area contributed by atoms with E-state index in [0.29, 0.717) is 0 Å². The Morgan fingerprint density at radius 1 is 1.18 bits per heavy atom. The summed E-state index contributed by atoms with van der Waals surface area (Å²) in [5.41, 5.74) is 1.09. The van der Waals surface area contributed by atoms with E-state index in [1.165, 1.54) is 0 Å². The van der Waals surface area contributed by atoms with E-state index in [0.717, 1.165) is 60.9 Å². The van der Waals surface area contributed by atoms with Gasteiger partial charge in [0, 0.05) is 54.8 Å².